The van der Waals surface area contributed by atoms with E-state index in [1.165, 1.54) is 23.5 Å². The number of halogens is 4. The molecule has 0 radical (unpaired) electrons. The van der Waals surface area contributed by atoms with Gasteiger partial charge in [0.2, 0.25) is 0 Å². The molecular weight excluding hydrogens is 819 g/mol. The minimum Gasteiger partial charge on any atom is -0.381 e. The van der Waals surface area contributed by atoms with Crippen molar-refractivity contribution < 1.29 is 32.3 Å². The van der Waals surface area contributed by atoms with E-state index in [9.17, 15) is 27.6 Å². The zero-order chi connectivity index (χ0) is 41.3. The first-order valence-electron chi connectivity index (χ1n) is 18.8. The van der Waals surface area contributed by atoms with E-state index in [0.29, 0.717) is 40.7 Å². The maximum Gasteiger partial charge on any atom is 0.265 e. The van der Waals surface area contributed by atoms with E-state index in [1.807, 2.05) is 41.7 Å². The molecule has 2 N–H and O–H groups in total. The van der Waals surface area contributed by atoms with E-state index in [2.05, 4.69) is 15.5 Å². The Morgan fingerprint density at radius 1 is 0.932 bits per heavy atom. The molecule has 3 aliphatic heterocycles. The second kappa shape index (κ2) is 17.0. The molecule has 3 aliphatic rings. The van der Waals surface area contributed by atoms with Crippen LogP contribution in [0.1, 0.15) is 48.8 Å². The Labute approximate surface area is 351 Å². The summed E-state index contributed by atoms with van der Waals surface area (Å²) in [6.07, 6.45) is 5.43. The molecule has 3 aromatic carbocycles. The number of likely N-dealkylation sites (N-methyl/N-ethyl adjacent to an activating group) is 1. The maximum atomic E-state index is 14.0. The Kier molecular flexibility index (Phi) is 11.6. The van der Waals surface area contributed by atoms with Gasteiger partial charge in [0.15, 0.2) is 5.82 Å². The van der Waals surface area contributed by atoms with Gasteiger partial charge in [0, 0.05) is 95.4 Å². The monoisotopic (exact) mass is 855 g/mol. The van der Waals surface area contributed by atoms with Crippen LogP contribution in [-0.4, -0.2) is 63.0 Å². The van der Waals surface area contributed by atoms with Gasteiger partial charge in [0.1, 0.15) is 23.7 Å². The first kappa shape index (κ1) is 40.2. The van der Waals surface area contributed by atoms with Crippen LogP contribution in [-0.2, 0) is 11.2 Å². The third-order valence-corrected chi connectivity index (χ3v) is 13.2. The number of anilines is 4. The summed E-state index contributed by atoms with van der Waals surface area (Å²) in [7, 11) is 1.89. The van der Waals surface area contributed by atoms with Gasteiger partial charge >= 0.3 is 0 Å². The molecule has 9 rings (SSSR count). The van der Waals surface area contributed by atoms with E-state index >= 15 is 0 Å². The first-order valence-corrected chi connectivity index (χ1v) is 20.9. The number of pyridine rings is 1. The summed E-state index contributed by atoms with van der Waals surface area (Å²) in [5.41, 5.74) is 5.28. The van der Waals surface area contributed by atoms with Crippen LogP contribution in [0.15, 0.2) is 90.4 Å². The van der Waals surface area contributed by atoms with Crippen molar-refractivity contribution in [3.8, 4) is 20.9 Å². The quantitative estimate of drug-likeness (QED) is 0.154. The number of rotatable bonds is 7. The normalized spacial score (nSPS) is 15.2. The Morgan fingerprint density at radius 3 is 2.42 bits per heavy atom. The number of ether oxygens (including phenoxy) is 1. The molecule has 9 nitrogen and oxygen atoms in total. The van der Waals surface area contributed by atoms with E-state index in [-0.39, 0.29) is 27.8 Å². The van der Waals surface area contributed by atoms with E-state index in [0.717, 1.165) is 89.4 Å². The number of benzene rings is 3. The summed E-state index contributed by atoms with van der Waals surface area (Å²) in [5.74, 6) is -2.12. The third-order valence-electron chi connectivity index (χ3n) is 10.7. The molecule has 3 aromatic heterocycles. The minimum atomic E-state index is -0.945. The highest BCUT2D eigenvalue weighted by atomic mass is 35.5. The van der Waals surface area contributed by atoms with Crippen LogP contribution in [0, 0.1) is 22.9 Å². The summed E-state index contributed by atoms with van der Waals surface area (Å²) in [6, 6.07) is 20.7. The molecule has 0 atom stereocenters. The Bertz CT molecular complexity index is 2510. The van der Waals surface area contributed by atoms with Crippen molar-refractivity contribution in [2.24, 2.45) is 5.41 Å². The lowest BCUT2D eigenvalue weighted by Crippen LogP contribution is -2.59. The van der Waals surface area contributed by atoms with Gasteiger partial charge in [-0.3, -0.25) is 14.4 Å². The number of thiophene rings is 2. The van der Waals surface area contributed by atoms with Crippen LogP contribution < -0.4 is 20.4 Å². The second-order valence-corrected chi connectivity index (χ2v) is 17.1. The summed E-state index contributed by atoms with van der Waals surface area (Å²) in [5, 5.41) is 7.17. The maximum absolute atomic E-state index is 14.0. The Balaban J connectivity index is 0.000000165. The average molecular weight is 856 g/mol. The molecule has 0 saturated carbocycles. The SMILES string of the molecule is CN1CCc2cc(C(=O)Nc3c(F)cc(F)cc3Cl)sc2-c2ccc(F)cc21.O=Cc1ccc(NC(=O)c2cc(-c3cccs3)cnc2N2CC3(CCOCC3)C2)cc1. The van der Waals surface area contributed by atoms with Crippen molar-refractivity contribution in [2.75, 3.05) is 60.3 Å². The van der Waals surface area contributed by atoms with Crippen molar-refractivity contribution in [3.05, 3.63) is 134 Å². The van der Waals surface area contributed by atoms with Gasteiger partial charge in [-0.1, -0.05) is 17.7 Å². The number of nitrogens with zero attached hydrogens (tertiary/aromatic N) is 3. The average Bonchev–Trinajstić information content (AvgIpc) is 3.90. The standard InChI is InChI=1S/C24H23N3O3S.C20H14ClF3N2OS/c28-14-17-3-5-19(6-4-17)26-23(29)20-12-18(21-2-1-11-31-21)13-25-22(20)27-15-24(16-27)7-9-30-10-8-24;1-26-5-4-10-6-17(28-19(10)13-3-2-11(22)9-16(13)26)20(27)25-18-14(21)7-12(23)8-15(18)24/h1-6,11-14H,7-10,15-16H2,(H,26,29);2-3,6-9H,4-5H2,1H3,(H,25,27). The number of hydrogen-bond acceptors (Lipinski definition) is 9. The summed E-state index contributed by atoms with van der Waals surface area (Å²) < 4.78 is 46.4. The summed E-state index contributed by atoms with van der Waals surface area (Å²) >= 11 is 8.72. The number of carbonyl (C=O) groups is 3. The molecule has 302 valence electrons. The zero-order valence-electron chi connectivity index (χ0n) is 31.7. The number of aldehydes is 1. The van der Waals surface area contributed by atoms with Crippen molar-refractivity contribution in [1.82, 2.24) is 4.98 Å². The van der Waals surface area contributed by atoms with Crippen LogP contribution in [0.3, 0.4) is 0 Å². The molecule has 2 amide bonds. The molecule has 6 heterocycles. The summed E-state index contributed by atoms with van der Waals surface area (Å²) in [4.78, 5) is 48.0. The second-order valence-electron chi connectivity index (χ2n) is 14.7. The fourth-order valence-corrected chi connectivity index (χ4v) is 9.63. The van der Waals surface area contributed by atoms with E-state index in [1.54, 1.807) is 47.7 Å². The highest BCUT2D eigenvalue weighted by molar-refractivity contribution is 7.17. The van der Waals surface area contributed by atoms with Gasteiger partial charge in [-0.25, -0.2) is 18.2 Å². The molecule has 2 fully saturated rings. The molecule has 0 unspecified atom stereocenters. The topological polar surface area (TPSA) is 104 Å². The van der Waals surface area contributed by atoms with Gasteiger partial charge in [0.25, 0.3) is 11.8 Å². The lowest BCUT2D eigenvalue weighted by molar-refractivity contribution is -0.000509. The number of carbonyl (C=O) groups excluding carboxylic acids is 3. The van der Waals surface area contributed by atoms with Crippen LogP contribution in [0.5, 0.6) is 0 Å². The molecule has 0 bridgehead atoms. The number of hydrogen-bond donors (Lipinski definition) is 2. The predicted octanol–water partition coefficient (Wildman–Crippen LogP) is 10.2. The molecule has 6 aromatic rings. The lowest BCUT2D eigenvalue weighted by atomic mass is 9.73. The number of nitrogens with one attached hydrogen (secondary N) is 2. The van der Waals surface area contributed by atoms with Gasteiger partial charge in [-0.05, 0) is 96.9 Å². The lowest BCUT2D eigenvalue weighted by Gasteiger charge is -2.53. The third kappa shape index (κ3) is 8.62. The minimum absolute atomic E-state index is 0.201. The van der Waals surface area contributed by atoms with Crippen molar-refractivity contribution >= 4 is 75.3 Å². The van der Waals surface area contributed by atoms with Crippen molar-refractivity contribution in [2.45, 2.75) is 19.3 Å². The van der Waals surface area contributed by atoms with Crippen LogP contribution in [0.2, 0.25) is 5.02 Å². The van der Waals surface area contributed by atoms with E-state index in [4.69, 9.17) is 21.3 Å². The first-order chi connectivity index (χ1) is 28.5. The highest BCUT2D eigenvalue weighted by Gasteiger charge is 2.45. The smallest absolute Gasteiger partial charge is 0.265 e. The van der Waals surface area contributed by atoms with Crippen LogP contribution >= 0.6 is 34.3 Å². The zero-order valence-corrected chi connectivity index (χ0v) is 34.1. The van der Waals surface area contributed by atoms with Gasteiger partial charge in [-0.2, -0.15) is 0 Å². The molecular formula is C44H37ClF3N5O4S2. The fraction of sp³-hybridized carbons (Fsp3) is 0.227. The number of fused-ring (bicyclic) bond motifs is 3. The molecule has 2 saturated heterocycles. The summed E-state index contributed by atoms with van der Waals surface area (Å²) in [6.45, 7) is 4.08. The van der Waals surface area contributed by atoms with Crippen LogP contribution in [0.4, 0.5) is 36.1 Å². The Hall–Kier alpha value is -5.54. The largest absolute Gasteiger partial charge is 0.381 e. The molecule has 59 heavy (non-hydrogen) atoms. The van der Waals surface area contributed by atoms with Crippen molar-refractivity contribution in [1.29, 1.82) is 0 Å². The van der Waals surface area contributed by atoms with Gasteiger partial charge in [-0.15, -0.1) is 22.7 Å². The predicted molar refractivity (Wildman–Crippen MR) is 228 cm³/mol. The van der Waals surface area contributed by atoms with Crippen molar-refractivity contribution in [3.63, 3.8) is 0 Å². The molecule has 1 spiro atoms. The highest BCUT2D eigenvalue weighted by Crippen LogP contribution is 2.44. The van der Waals surface area contributed by atoms with Gasteiger partial charge < -0.3 is 25.2 Å². The van der Waals surface area contributed by atoms with E-state index < -0.39 is 17.5 Å². The molecule has 15 heteroatoms. The number of amides is 2. The van der Waals surface area contributed by atoms with Gasteiger partial charge in [0.05, 0.1) is 21.2 Å². The van der Waals surface area contributed by atoms with Crippen LogP contribution in [0.25, 0.3) is 20.9 Å². The Morgan fingerprint density at radius 2 is 1.71 bits per heavy atom. The fourth-order valence-electron chi connectivity index (χ4n) is 7.54. The molecule has 0 aliphatic carbocycles. The number of aromatic nitrogens is 1.